The molecular formula is C21H29N5O3S2. The molecule has 4 rings (SSSR count). The van der Waals surface area contributed by atoms with E-state index < -0.39 is 10.0 Å². The van der Waals surface area contributed by atoms with Gasteiger partial charge in [0.1, 0.15) is 0 Å². The van der Waals surface area contributed by atoms with Crippen LogP contribution in [-0.4, -0.2) is 74.6 Å². The number of likely N-dealkylation sites (N-methyl/N-ethyl adjacent to an activating group) is 1. The van der Waals surface area contributed by atoms with Crippen molar-refractivity contribution in [1.82, 2.24) is 14.2 Å². The fraction of sp³-hybridized carbons (Fsp3) is 0.619. The summed E-state index contributed by atoms with van der Waals surface area (Å²) in [7, 11) is -3.54. The van der Waals surface area contributed by atoms with Crippen molar-refractivity contribution < 1.29 is 13.2 Å². The molecule has 0 radical (unpaired) electrons. The predicted octanol–water partition coefficient (Wildman–Crippen LogP) is 2.74. The molecule has 1 aromatic carbocycles. The molecule has 1 aromatic heterocycles. The van der Waals surface area contributed by atoms with Gasteiger partial charge in [0.05, 0.1) is 33.9 Å². The minimum absolute atomic E-state index is 0.126. The summed E-state index contributed by atoms with van der Waals surface area (Å²) in [5.74, 6) is 0.298. The molecule has 0 bridgehead atoms. The van der Waals surface area contributed by atoms with E-state index in [1.807, 2.05) is 0 Å². The number of aromatic nitrogens is 1. The molecule has 10 heteroatoms. The largest absolute Gasteiger partial charge is 0.374 e. The fourth-order valence-electron chi connectivity index (χ4n) is 4.17. The zero-order chi connectivity index (χ0) is 21.8. The number of sulfonamides is 1. The van der Waals surface area contributed by atoms with Gasteiger partial charge in [0.2, 0.25) is 10.0 Å². The van der Waals surface area contributed by atoms with Crippen molar-refractivity contribution in [3.05, 3.63) is 18.2 Å². The smallest absolute Gasteiger partial charge is 0.243 e. The second-order valence-corrected chi connectivity index (χ2v) is 11.1. The molecule has 0 aliphatic carbocycles. The highest BCUT2D eigenvalue weighted by molar-refractivity contribution is 7.89. The molecule has 1 N–H and O–H groups in total. The number of piperidine rings is 1. The van der Waals surface area contributed by atoms with E-state index in [9.17, 15) is 8.42 Å². The van der Waals surface area contributed by atoms with Crippen molar-refractivity contribution in [2.75, 3.05) is 51.2 Å². The van der Waals surface area contributed by atoms with Gasteiger partial charge in [0, 0.05) is 39.1 Å². The maximum absolute atomic E-state index is 13.1. The van der Waals surface area contributed by atoms with E-state index in [1.54, 1.807) is 22.5 Å². The third-order valence-corrected chi connectivity index (χ3v) is 8.97. The van der Waals surface area contributed by atoms with Gasteiger partial charge in [-0.15, -0.1) is 0 Å². The number of ether oxygens (including phenoxy) is 1. The molecule has 31 heavy (non-hydrogen) atoms. The van der Waals surface area contributed by atoms with Gasteiger partial charge in [-0.05, 0) is 43.5 Å². The number of hydrogen-bond donors (Lipinski definition) is 1. The van der Waals surface area contributed by atoms with Gasteiger partial charge in [-0.25, -0.2) is 13.4 Å². The number of rotatable bonds is 7. The summed E-state index contributed by atoms with van der Waals surface area (Å²) in [6, 6.07) is 7.34. The summed E-state index contributed by atoms with van der Waals surface area (Å²) in [5, 5.41) is 13.0. The lowest BCUT2D eigenvalue weighted by Crippen LogP contribution is -2.45. The van der Waals surface area contributed by atoms with Gasteiger partial charge < -0.3 is 10.1 Å². The molecule has 3 heterocycles. The van der Waals surface area contributed by atoms with Crippen molar-refractivity contribution in [2.45, 2.75) is 37.2 Å². The molecule has 2 fully saturated rings. The summed E-state index contributed by atoms with van der Waals surface area (Å²) < 4.78 is 34.4. The Bertz CT molecular complexity index is 1040. The predicted molar refractivity (Wildman–Crippen MR) is 122 cm³/mol. The Morgan fingerprint density at radius 1 is 1.32 bits per heavy atom. The summed E-state index contributed by atoms with van der Waals surface area (Å²) in [5.41, 5.74) is 0.791. The van der Waals surface area contributed by atoms with E-state index in [-0.39, 0.29) is 6.10 Å². The van der Waals surface area contributed by atoms with Crippen LogP contribution in [0, 0.1) is 17.2 Å². The summed E-state index contributed by atoms with van der Waals surface area (Å²) in [6.45, 7) is 7.42. The van der Waals surface area contributed by atoms with E-state index >= 15 is 0 Å². The molecule has 0 spiro atoms. The lowest BCUT2D eigenvalue weighted by Gasteiger charge is -2.32. The van der Waals surface area contributed by atoms with Crippen molar-refractivity contribution in [2.24, 2.45) is 5.92 Å². The summed E-state index contributed by atoms with van der Waals surface area (Å²) in [6.07, 6.45) is 2.10. The maximum atomic E-state index is 13.1. The number of fused-ring (bicyclic) bond motifs is 1. The van der Waals surface area contributed by atoms with Gasteiger partial charge in [-0.2, -0.15) is 9.57 Å². The number of morpholine rings is 1. The van der Waals surface area contributed by atoms with E-state index in [1.165, 1.54) is 11.3 Å². The number of nitrogens with one attached hydrogen (secondary N) is 1. The maximum Gasteiger partial charge on any atom is 0.243 e. The van der Waals surface area contributed by atoms with E-state index in [4.69, 9.17) is 10.00 Å². The number of nitrogens with zero attached hydrogens (tertiary/aromatic N) is 4. The van der Waals surface area contributed by atoms with Crippen LogP contribution in [0.1, 0.15) is 26.2 Å². The van der Waals surface area contributed by atoms with Gasteiger partial charge in [0.25, 0.3) is 0 Å². The number of thiazole rings is 1. The van der Waals surface area contributed by atoms with Crippen LogP contribution in [0.15, 0.2) is 23.1 Å². The Balaban J connectivity index is 1.42. The average Bonchev–Trinajstić information content (AvgIpc) is 3.21. The van der Waals surface area contributed by atoms with Gasteiger partial charge in [-0.1, -0.05) is 18.3 Å². The Hall–Kier alpha value is -1.77. The minimum atomic E-state index is -3.54. The van der Waals surface area contributed by atoms with Crippen molar-refractivity contribution in [3.63, 3.8) is 0 Å². The quantitative estimate of drug-likeness (QED) is 0.674. The van der Waals surface area contributed by atoms with Crippen LogP contribution in [0.4, 0.5) is 5.13 Å². The first-order valence-corrected chi connectivity index (χ1v) is 13.1. The van der Waals surface area contributed by atoms with Crippen molar-refractivity contribution >= 4 is 36.7 Å². The van der Waals surface area contributed by atoms with Crippen molar-refractivity contribution in [1.29, 1.82) is 5.26 Å². The van der Waals surface area contributed by atoms with Crippen LogP contribution in [0.2, 0.25) is 0 Å². The Morgan fingerprint density at radius 3 is 2.87 bits per heavy atom. The normalized spacial score (nSPS) is 21.9. The molecule has 0 saturated carbocycles. The molecule has 1 atom stereocenters. The molecule has 168 valence electrons. The van der Waals surface area contributed by atoms with Gasteiger partial charge >= 0.3 is 0 Å². The molecule has 2 aliphatic rings. The second kappa shape index (κ2) is 9.79. The minimum Gasteiger partial charge on any atom is -0.374 e. The van der Waals surface area contributed by atoms with E-state index in [0.29, 0.717) is 36.9 Å². The zero-order valence-corrected chi connectivity index (χ0v) is 19.4. The molecule has 2 aromatic rings. The molecule has 2 saturated heterocycles. The van der Waals surface area contributed by atoms with Crippen LogP contribution < -0.4 is 5.32 Å². The fourth-order valence-corrected chi connectivity index (χ4v) is 6.65. The SMILES string of the molecule is CCN1CCOC(CNc2nc3ccc(S(=O)(=O)N4CCC(CC#N)CC4)cc3s2)C1. The highest BCUT2D eigenvalue weighted by atomic mass is 32.2. The molecule has 8 nitrogen and oxygen atoms in total. The molecule has 1 unspecified atom stereocenters. The Kier molecular flexibility index (Phi) is 7.08. The summed E-state index contributed by atoms with van der Waals surface area (Å²) >= 11 is 1.47. The van der Waals surface area contributed by atoms with E-state index in [2.05, 4.69) is 28.2 Å². The van der Waals surface area contributed by atoms with Crippen LogP contribution in [-0.2, 0) is 14.8 Å². The monoisotopic (exact) mass is 463 g/mol. The number of benzene rings is 1. The lowest BCUT2D eigenvalue weighted by atomic mass is 9.95. The Morgan fingerprint density at radius 2 is 2.13 bits per heavy atom. The number of nitriles is 1. The highest BCUT2D eigenvalue weighted by Gasteiger charge is 2.29. The van der Waals surface area contributed by atoms with Crippen LogP contribution >= 0.6 is 11.3 Å². The average molecular weight is 464 g/mol. The standard InChI is InChI=1S/C21H29N5O3S2/c1-2-25-11-12-29-17(15-25)14-23-21-24-19-4-3-18(13-20(19)30-21)31(27,28)26-9-6-16(5-8-22)7-10-26/h3-4,13,16-17H,2,5-7,9-12,14-15H2,1H3,(H,23,24). The van der Waals surface area contributed by atoms with E-state index in [0.717, 1.165) is 54.4 Å². The van der Waals surface area contributed by atoms with Crippen LogP contribution in [0.25, 0.3) is 10.2 Å². The third kappa shape index (κ3) is 5.18. The molecule has 0 amide bonds. The van der Waals surface area contributed by atoms with Crippen molar-refractivity contribution in [3.8, 4) is 6.07 Å². The third-order valence-electron chi connectivity index (χ3n) is 6.10. The highest BCUT2D eigenvalue weighted by Crippen LogP contribution is 2.31. The number of anilines is 1. The zero-order valence-electron chi connectivity index (χ0n) is 17.8. The second-order valence-electron chi connectivity index (χ2n) is 8.13. The Labute approximate surface area is 187 Å². The topological polar surface area (TPSA) is 98.6 Å². The molecular weight excluding hydrogens is 434 g/mol. The van der Waals surface area contributed by atoms with Gasteiger partial charge in [-0.3, -0.25) is 4.90 Å². The van der Waals surface area contributed by atoms with Gasteiger partial charge in [0.15, 0.2) is 5.13 Å². The first-order chi connectivity index (χ1) is 15.0. The number of hydrogen-bond acceptors (Lipinski definition) is 8. The molecule has 2 aliphatic heterocycles. The first-order valence-electron chi connectivity index (χ1n) is 10.8. The van der Waals surface area contributed by atoms with Crippen LogP contribution in [0.3, 0.4) is 0 Å². The van der Waals surface area contributed by atoms with Crippen LogP contribution in [0.5, 0.6) is 0 Å². The lowest BCUT2D eigenvalue weighted by molar-refractivity contribution is -0.0191. The first kappa shape index (κ1) is 22.4. The summed E-state index contributed by atoms with van der Waals surface area (Å²) in [4.78, 5) is 7.28.